The zero-order valence-electron chi connectivity index (χ0n) is 18.3. The maximum atomic E-state index is 12.7. The lowest BCUT2D eigenvalue weighted by Crippen LogP contribution is -2.18. The van der Waals surface area contributed by atoms with Crippen LogP contribution in [-0.2, 0) is 6.61 Å². The number of carbonyl (C=O) groups is 1. The highest BCUT2D eigenvalue weighted by Crippen LogP contribution is 2.33. The zero-order chi connectivity index (χ0) is 25.7. The Morgan fingerprint density at radius 1 is 1.03 bits per heavy atom. The molecule has 3 aromatic carbocycles. The second-order valence-electron chi connectivity index (χ2n) is 7.34. The van der Waals surface area contributed by atoms with E-state index in [1.165, 1.54) is 24.4 Å². The molecule has 0 atom stereocenters. The van der Waals surface area contributed by atoms with Gasteiger partial charge in [-0.25, -0.2) is 5.43 Å². The van der Waals surface area contributed by atoms with Gasteiger partial charge in [0.25, 0.3) is 11.6 Å². The molecule has 0 fully saturated rings. The van der Waals surface area contributed by atoms with Crippen molar-refractivity contribution in [3.05, 3.63) is 115 Å². The minimum absolute atomic E-state index is 0.134. The SMILES string of the molecule is O=C(N/N=C/c1ccc(-c2ccc(Cl)cc2[N+](=O)[O-])o1)c1ccccc1OCc1ccc(Cl)cc1Cl. The molecule has 1 N–H and O–H groups in total. The lowest BCUT2D eigenvalue weighted by molar-refractivity contribution is -0.384. The van der Waals surface area contributed by atoms with Gasteiger partial charge in [-0.3, -0.25) is 14.9 Å². The summed E-state index contributed by atoms with van der Waals surface area (Å²) >= 11 is 18.0. The van der Waals surface area contributed by atoms with Gasteiger partial charge in [0, 0.05) is 26.7 Å². The van der Waals surface area contributed by atoms with Crippen molar-refractivity contribution in [2.24, 2.45) is 5.10 Å². The molecule has 1 heterocycles. The zero-order valence-corrected chi connectivity index (χ0v) is 20.6. The molecule has 0 saturated carbocycles. The molecule has 0 saturated heterocycles. The molecule has 1 amide bonds. The first kappa shape index (κ1) is 25.2. The van der Waals surface area contributed by atoms with E-state index in [0.717, 1.165) is 0 Å². The van der Waals surface area contributed by atoms with Crippen LogP contribution in [0.15, 0.2) is 82.3 Å². The number of nitro groups is 1. The molecule has 182 valence electrons. The molecule has 0 radical (unpaired) electrons. The summed E-state index contributed by atoms with van der Waals surface area (Å²) in [6.07, 6.45) is 1.28. The standard InChI is InChI=1S/C25H16Cl3N3O5/c26-16-6-5-15(21(28)11-16)14-35-23-4-2-1-3-20(23)25(32)30-29-13-18-8-10-24(36-18)19-9-7-17(27)12-22(19)31(33)34/h1-13H,14H2,(H,30,32)/b29-13+. The van der Waals surface area contributed by atoms with E-state index in [0.29, 0.717) is 21.4 Å². The van der Waals surface area contributed by atoms with Crippen molar-refractivity contribution in [2.45, 2.75) is 6.61 Å². The molecule has 0 unspecified atom stereocenters. The second-order valence-corrected chi connectivity index (χ2v) is 8.62. The highest BCUT2D eigenvalue weighted by atomic mass is 35.5. The smallest absolute Gasteiger partial charge is 0.281 e. The van der Waals surface area contributed by atoms with Gasteiger partial charge < -0.3 is 9.15 Å². The van der Waals surface area contributed by atoms with Crippen LogP contribution in [0.25, 0.3) is 11.3 Å². The van der Waals surface area contributed by atoms with Gasteiger partial charge in [0.05, 0.1) is 22.3 Å². The number of halogens is 3. The molecule has 4 aromatic rings. The van der Waals surface area contributed by atoms with Crippen LogP contribution < -0.4 is 10.2 Å². The topological polar surface area (TPSA) is 107 Å². The number of rotatable bonds is 8. The summed E-state index contributed by atoms with van der Waals surface area (Å²) in [5.41, 5.74) is 3.46. The van der Waals surface area contributed by atoms with Gasteiger partial charge in [-0.2, -0.15) is 5.10 Å². The predicted molar refractivity (Wildman–Crippen MR) is 138 cm³/mol. The Labute approximate surface area is 220 Å². The van der Waals surface area contributed by atoms with Crippen molar-refractivity contribution in [1.29, 1.82) is 0 Å². The molecule has 0 aliphatic heterocycles. The average molecular weight is 545 g/mol. The second kappa shape index (κ2) is 11.3. The Morgan fingerprint density at radius 2 is 1.78 bits per heavy atom. The van der Waals surface area contributed by atoms with Crippen LogP contribution in [0.5, 0.6) is 5.75 Å². The van der Waals surface area contributed by atoms with Crippen LogP contribution in [-0.4, -0.2) is 17.0 Å². The lowest BCUT2D eigenvalue weighted by atomic mass is 10.1. The predicted octanol–water partition coefficient (Wildman–Crippen LogP) is 7.16. The van der Waals surface area contributed by atoms with Crippen molar-refractivity contribution in [1.82, 2.24) is 5.43 Å². The Bertz CT molecular complexity index is 1470. The number of nitro benzene ring substituents is 1. The van der Waals surface area contributed by atoms with Crippen LogP contribution in [0.4, 0.5) is 5.69 Å². The number of para-hydroxylation sites is 1. The van der Waals surface area contributed by atoms with E-state index >= 15 is 0 Å². The maximum absolute atomic E-state index is 12.7. The van der Waals surface area contributed by atoms with E-state index in [9.17, 15) is 14.9 Å². The summed E-state index contributed by atoms with van der Waals surface area (Å²) in [7, 11) is 0. The average Bonchev–Trinajstić information content (AvgIpc) is 3.32. The van der Waals surface area contributed by atoms with Gasteiger partial charge in [-0.05, 0) is 48.5 Å². The summed E-state index contributed by atoms with van der Waals surface area (Å²) in [6.45, 7) is 0.134. The van der Waals surface area contributed by atoms with E-state index < -0.39 is 10.8 Å². The number of nitrogens with one attached hydrogen (secondary N) is 1. The quantitative estimate of drug-likeness (QED) is 0.144. The number of furan rings is 1. The summed E-state index contributed by atoms with van der Waals surface area (Å²) in [5.74, 6) is 0.359. The van der Waals surface area contributed by atoms with Gasteiger partial charge in [-0.15, -0.1) is 0 Å². The van der Waals surface area contributed by atoms with E-state index in [-0.39, 0.29) is 40.0 Å². The van der Waals surface area contributed by atoms with Gasteiger partial charge in [0.15, 0.2) is 0 Å². The van der Waals surface area contributed by atoms with Crippen LogP contribution in [0, 0.1) is 10.1 Å². The fourth-order valence-corrected chi connectivity index (χ4v) is 3.85. The summed E-state index contributed by atoms with van der Waals surface area (Å²) in [6, 6.07) is 19.1. The molecule has 0 aliphatic carbocycles. The number of benzene rings is 3. The number of amides is 1. The van der Waals surface area contributed by atoms with Crippen LogP contribution in [0.3, 0.4) is 0 Å². The summed E-state index contributed by atoms with van der Waals surface area (Å²) in [5, 5.41) is 16.4. The van der Waals surface area contributed by atoms with E-state index in [1.54, 1.807) is 54.6 Å². The van der Waals surface area contributed by atoms with Gasteiger partial charge >= 0.3 is 0 Å². The Hall–Kier alpha value is -3.85. The molecule has 36 heavy (non-hydrogen) atoms. The first-order valence-electron chi connectivity index (χ1n) is 10.3. The minimum atomic E-state index is -0.544. The molecular formula is C25H16Cl3N3O5. The van der Waals surface area contributed by atoms with Gasteiger partial charge in [-0.1, -0.05) is 53.0 Å². The molecule has 0 aliphatic rings. The maximum Gasteiger partial charge on any atom is 0.281 e. The third-order valence-corrected chi connectivity index (χ3v) is 5.76. The van der Waals surface area contributed by atoms with Crippen molar-refractivity contribution >= 4 is 52.6 Å². The normalized spacial score (nSPS) is 11.0. The Balaban J connectivity index is 1.43. The van der Waals surface area contributed by atoms with Crippen LogP contribution >= 0.6 is 34.8 Å². The van der Waals surface area contributed by atoms with E-state index in [2.05, 4.69) is 10.5 Å². The van der Waals surface area contributed by atoms with Crippen LogP contribution in [0.2, 0.25) is 15.1 Å². The number of nitrogens with zero attached hydrogens (tertiary/aromatic N) is 2. The van der Waals surface area contributed by atoms with E-state index in [4.69, 9.17) is 44.0 Å². The Morgan fingerprint density at radius 3 is 2.56 bits per heavy atom. The molecule has 11 heteroatoms. The fourth-order valence-electron chi connectivity index (χ4n) is 3.22. The van der Waals surface area contributed by atoms with Crippen molar-refractivity contribution in [2.75, 3.05) is 0 Å². The molecule has 8 nitrogen and oxygen atoms in total. The largest absolute Gasteiger partial charge is 0.488 e. The first-order valence-corrected chi connectivity index (χ1v) is 11.5. The van der Waals surface area contributed by atoms with Gasteiger partial charge in [0.1, 0.15) is 23.9 Å². The van der Waals surface area contributed by atoms with Crippen LogP contribution in [0.1, 0.15) is 21.7 Å². The number of ether oxygens (including phenoxy) is 1. The molecular weight excluding hydrogens is 529 g/mol. The molecule has 1 aromatic heterocycles. The summed E-state index contributed by atoms with van der Waals surface area (Å²) in [4.78, 5) is 23.5. The minimum Gasteiger partial charge on any atom is -0.488 e. The molecule has 4 rings (SSSR count). The number of hydrazone groups is 1. The van der Waals surface area contributed by atoms with E-state index in [1.807, 2.05) is 0 Å². The molecule has 0 bridgehead atoms. The lowest BCUT2D eigenvalue weighted by Gasteiger charge is -2.11. The highest BCUT2D eigenvalue weighted by Gasteiger charge is 2.18. The Kier molecular flexibility index (Phi) is 7.90. The van der Waals surface area contributed by atoms with Crippen molar-refractivity contribution < 1.29 is 18.9 Å². The summed E-state index contributed by atoms with van der Waals surface area (Å²) < 4.78 is 11.4. The van der Waals surface area contributed by atoms with Crippen molar-refractivity contribution in [3.63, 3.8) is 0 Å². The third kappa shape index (κ3) is 6.04. The fraction of sp³-hybridized carbons (Fsp3) is 0.0400. The monoisotopic (exact) mass is 543 g/mol. The first-order chi connectivity index (χ1) is 17.3. The van der Waals surface area contributed by atoms with Crippen molar-refractivity contribution in [3.8, 4) is 17.1 Å². The number of hydrogen-bond acceptors (Lipinski definition) is 6. The van der Waals surface area contributed by atoms with Gasteiger partial charge in [0.2, 0.25) is 0 Å². The highest BCUT2D eigenvalue weighted by molar-refractivity contribution is 6.35. The molecule has 0 spiro atoms. The number of hydrogen-bond donors (Lipinski definition) is 1. The third-order valence-electron chi connectivity index (χ3n) is 4.94. The number of carbonyl (C=O) groups excluding carboxylic acids is 1.